The van der Waals surface area contributed by atoms with E-state index in [4.69, 9.17) is 11.6 Å². The van der Waals surface area contributed by atoms with Crippen LogP contribution in [0.2, 0.25) is 5.02 Å². The van der Waals surface area contributed by atoms with Gasteiger partial charge in [0.2, 0.25) is 10.0 Å². The van der Waals surface area contributed by atoms with Crippen LogP contribution in [0.4, 0.5) is 5.69 Å². The van der Waals surface area contributed by atoms with Crippen molar-refractivity contribution < 1.29 is 18.0 Å². The SMILES string of the molecule is CS(=O)(=O)Nc1ccc(C(=O)N2CCCN(C(=O)c3ccccc3Cl)CC2)cc1. The van der Waals surface area contributed by atoms with Crippen molar-refractivity contribution in [2.24, 2.45) is 0 Å². The van der Waals surface area contributed by atoms with Gasteiger partial charge in [0.1, 0.15) is 0 Å². The molecule has 0 bridgehead atoms. The molecule has 1 saturated heterocycles. The second kappa shape index (κ2) is 8.84. The fourth-order valence-electron chi connectivity index (χ4n) is 3.21. The molecule has 0 aromatic heterocycles. The number of amides is 2. The van der Waals surface area contributed by atoms with Crippen LogP contribution in [0.3, 0.4) is 0 Å². The fourth-order valence-corrected chi connectivity index (χ4v) is 3.99. The van der Waals surface area contributed by atoms with E-state index in [9.17, 15) is 18.0 Å². The van der Waals surface area contributed by atoms with Gasteiger partial charge < -0.3 is 9.80 Å². The van der Waals surface area contributed by atoms with Crippen molar-refractivity contribution in [1.82, 2.24) is 9.80 Å². The van der Waals surface area contributed by atoms with Gasteiger partial charge >= 0.3 is 0 Å². The van der Waals surface area contributed by atoms with Crippen LogP contribution in [0, 0.1) is 0 Å². The van der Waals surface area contributed by atoms with Crippen LogP contribution >= 0.6 is 11.6 Å². The molecule has 1 N–H and O–H groups in total. The van der Waals surface area contributed by atoms with Gasteiger partial charge in [-0.2, -0.15) is 0 Å². The molecular weight excluding hydrogens is 414 g/mol. The Balaban J connectivity index is 1.65. The molecule has 9 heteroatoms. The standard InChI is InChI=1S/C20H22ClN3O4S/c1-29(27,28)22-16-9-7-15(8-10-16)19(25)23-11-4-12-24(14-13-23)20(26)17-5-2-3-6-18(17)21/h2-3,5-10,22H,4,11-14H2,1H3. The molecule has 0 aliphatic carbocycles. The number of carbonyl (C=O) groups excluding carboxylic acids is 2. The monoisotopic (exact) mass is 435 g/mol. The molecule has 2 amide bonds. The average molecular weight is 436 g/mol. The number of nitrogens with zero attached hydrogens (tertiary/aromatic N) is 2. The van der Waals surface area contributed by atoms with Crippen molar-refractivity contribution in [3.63, 3.8) is 0 Å². The van der Waals surface area contributed by atoms with Crippen LogP contribution in [-0.2, 0) is 10.0 Å². The lowest BCUT2D eigenvalue weighted by Gasteiger charge is -2.22. The summed E-state index contributed by atoms with van der Waals surface area (Å²) in [5.41, 5.74) is 1.33. The topological polar surface area (TPSA) is 86.8 Å². The van der Waals surface area contributed by atoms with Crippen LogP contribution < -0.4 is 4.72 Å². The average Bonchev–Trinajstić information content (AvgIpc) is 2.93. The Kier molecular flexibility index (Phi) is 6.44. The molecule has 3 rings (SSSR count). The summed E-state index contributed by atoms with van der Waals surface area (Å²) in [6, 6.07) is 13.2. The van der Waals surface area contributed by atoms with E-state index in [2.05, 4.69) is 4.72 Å². The highest BCUT2D eigenvalue weighted by Gasteiger charge is 2.24. The maximum Gasteiger partial charge on any atom is 0.255 e. The number of carbonyl (C=O) groups is 2. The number of benzene rings is 2. The van der Waals surface area contributed by atoms with Crippen molar-refractivity contribution in [3.05, 3.63) is 64.7 Å². The van der Waals surface area contributed by atoms with Gasteiger partial charge in [0, 0.05) is 37.4 Å². The molecule has 1 fully saturated rings. The normalized spacial score (nSPS) is 15.0. The predicted molar refractivity (Wildman–Crippen MR) is 113 cm³/mol. The van der Waals surface area contributed by atoms with Crippen molar-refractivity contribution in [3.8, 4) is 0 Å². The highest BCUT2D eigenvalue weighted by atomic mass is 35.5. The second-order valence-corrected chi connectivity index (χ2v) is 9.03. The maximum atomic E-state index is 12.8. The first kappa shape index (κ1) is 21.1. The van der Waals surface area contributed by atoms with Crippen molar-refractivity contribution in [2.75, 3.05) is 37.2 Å². The summed E-state index contributed by atoms with van der Waals surface area (Å²) in [7, 11) is -3.37. The fraction of sp³-hybridized carbons (Fsp3) is 0.300. The molecule has 0 saturated carbocycles. The summed E-state index contributed by atoms with van der Waals surface area (Å²) in [5.74, 6) is -0.288. The molecule has 1 aliphatic rings. The number of hydrogen-bond acceptors (Lipinski definition) is 4. The Bertz CT molecular complexity index is 1010. The Labute approximate surface area is 175 Å². The molecule has 2 aromatic carbocycles. The van der Waals surface area contributed by atoms with E-state index in [1.165, 1.54) is 0 Å². The number of anilines is 1. The summed E-state index contributed by atoms with van der Waals surface area (Å²) in [6.07, 6.45) is 1.73. The summed E-state index contributed by atoms with van der Waals surface area (Å²) in [4.78, 5) is 29.0. The Morgan fingerprint density at radius 1 is 0.897 bits per heavy atom. The molecule has 29 heavy (non-hydrogen) atoms. The van der Waals surface area contributed by atoms with E-state index in [0.29, 0.717) is 54.4 Å². The maximum absolute atomic E-state index is 12.8. The lowest BCUT2D eigenvalue weighted by Crippen LogP contribution is -2.37. The number of sulfonamides is 1. The molecule has 0 unspecified atom stereocenters. The third-order valence-corrected chi connectivity index (χ3v) is 5.55. The smallest absolute Gasteiger partial charge is 0.255 e. The van der Waals surface area contributed by atoms with E-state index in [-0.39, 0.29) is 11.8 Å². The van der Waals surface area contributed by atoms with Gasteiger partial charge in [0.05, 0.1) is 16.8 Å². The van der Waals surface area contributed by atoms with Gasteiger partial charge in [-0.1, -0.05) is 23.7 Å². The third-order valence-electron chi connectivity index (χ3n) is 4.61. The predicted octanol–water partition coefficient (Wildman–Crippen LogP) is 2.70. The minimum Gasteiger partial charge on any atom is -0.337 e. The van der Waals surface area contributed by atoms with Crippen molar-refractivity contribution in [2.45, 2.75) is 6.42 Å². The van der Waals surface area contributed by atoms with Crippen LogP contribution in [0.15, 0.2) is 48.5 Å². The van der Waals surface area contributed by atoms with Crippen molar-refractivity contribution >= 4 is 39.1 Å². The third kappa shape index (κ3) is 5.48. The Hall–Kier alpha value is -2.58. The zero-order chi connectivity index (χ0) is 21.0. The lowest BCUT2D eigenvalue weighted by atomic mass is 10.2. The van der Waals surface area contributed by atoms with Gasteiger partial charge in [-0.25, -0.2) is 8.42 Å². The minimum absolute atomic E-state index is 0.138. The summed E-state index contributed by atoms with van der Waals surface area (Å²) in [5, 5.41) is 0.414. The van der Waals surface area contributed by atoms with Crippen LogP contribution in [0.5, 0.6) is 0 Å². The molecule has 0 atom stereocenters. The zero-order valence-corrected chi connectivity index (χ0v) is 17.5. The van der Waals surface area contributed by atoms with Crippen molar-refractivity contribution in [1.29, 1.82) is 0 Å². The van der Waals surface area contributed by atoms with Gasteiger partial charge in [0.15, 0.2) is 0 Å². The van der Waals surface area contributed by atoms with Gasteiger partial charge in [-0.05, 0) is 42.8 Å². The first-order valence-electron chi connectivity index (χ1n) is 9.15. The highest BCUT2D eigenvalue weighted by Crippen LogP contribution is 2.19. The van der Waals surface area contributed by atoms with Gasteiger partial charge in [0.25, 0.3) is 11.8 Å². The number of rotatable bonds is 4. The molecule has 0 spiro atoms. The Morgan fingerprint density at radius 2 is 1.48 bits per heavy atom. The minimum atomic E-state index is -3.37. The van der Waals surface area contributed by atoms with Crippen LogP contribution in [0.25, 0.3) is 0 Å². The Morgan fingerprint density at radius 3 is 2.07 bits per heavy atom. The molecule has 0 radical (unpaired) electrons. The lowest BCUT2D eigenvalue weighted by molar-refractivity contribution is 0.0719. The van der Waals surface area contributed by atoms with E-state index in [1.807, 2.05) is 0 Å². The number of nitrogens with one attached hydrogen (secondary N) is 1. The quantitative estimate of drug-likeness (QED) is 0.799. The van der Waals surface area contributed by atoms with Gasteiger partial charge in [-0.15, -0.1) is 0 Å². The van der Waals surface area contributed by atoms with Gasteiger partial charge in [-0.3, -0.25) is 14.3 Å². The molecule has 2 aromatic rings. The summed E-state index contributed by atoms with van der Waals surface area (Å²) in [6.45, 7) is 1.92. The zero-order valence-electron chi connectivity index (χ0n) is 16.0. The molecule has 154 valence electrons. The largest absolute Gasteiger partial charge is 0.337 e. The molecular formula is C20H22ClN3O4S. The number of halogens is 1. The first-order chi connectivity index (χ1) is 13.7. The van der Waals surface area contributed by atoms with Crippen LogP contribution in [-0.4, -0.2) is 62.5 Å². The van der Waals surface area contributed by atoms with E-state index in [0.717, 1.165) is 6.26 Å². The summed E-state index contributed by atoms with van der Waals surface area (Å²) < 4.78 is 24.9. The summed E-state index contributed by atoms with van der Waals surface area (Å²) >= 11 is 6.14. The first-order valence-corrected chi connectivity index (χ1v) is 11.4. The molecule has 1 heterocycles. The van der Waals surface area contributed by atoms with Crippen LogP contribution in [0.1, 0.15) is 27.1 Å². The number of hydrogen-bond donors (Lipinski definition) is 1. The second-order valence-electron chi connectivity index (χ2n) is 6.87. The molecule has 7 nitrogen and oxygen atoms in total. The highest BCUT2D eigenvalue weighted by molar-refractivity contribution is 7.92. The molecule has 1 aliphatic heterocycles. The van der Waals surface area contributed by atoms with E-state index >= 15 is 0 Å². The van der Waals surface area contributed by atoms with E-state index in [1.54, 1.807) is 58.3 Å². The van der Waals surface area contributed by atoms with E-state index < -0.39 is 10.0 Å².